The van der Waals surface area contributed by atoms with Gasteiger partial charge in [0.15, 0.2) is 0 Å². The van der Waals surface area contributed by atoms with Gasteiger partial charge < -0.3 is 14.9 Å². The first-order valence-corrected chi connectivity index (χ1v) is 6.91. The molecule has 0 bridgehead atoms. The van der Waals surface area contributed by atoms with Crippen molar-refractivity contribution < 1.29 is 9.90 Å². The number of benzene rings is 1. The highest BCUT2D eigenvalue weighted by Crippen LogP contribution is 2.36. The summed E-state index contributed by atoms with van der Waals surface area (Å²) in [7, 11) is 0. The van der Waals surface area contributed by atoms with Crippen molar-refractivity contribution in [1.82, 2.24) is 4.90 Å². The smallest absolute Gasteiger partial charge is 0.407 e. The van der Waals surface area contributed by atoms with Crippen molar-refractivity contribution in [2.45, 2.75) is 6.92 Å². The van der Waals surface area contributed by atoms with E-state index >= 15 is 0 Å². The molecule has 5 heteroatoms. The molecule has 1 aromatic rings. The SMILES string of the molecule is Cc1ccc(Cl)cc1N1CC2CN(C(=O)O)CC2C1. The molecule has 2 fully saturated rings. The number of nitrogens with zero attached hydrogens (tertiary/aromatic N) is 2. The lowest BCUT2D eigenvalue weighted by molar-refractivity contribution is 0.153. The summed E-state index contributed by atoms with van der Waals surface area (Å²) in [5.74, 6) is 0.906. The van der Waals surface area contributed by atoms with Crippen molar-refractivity contribution in [2.24, 2.45) is 11.8 Å². The van der Waals surface area contributed by atoms with Crippen LogP contribution in [0.25, 0.3) is 0 Å². The van der Waals surface area contributed by atoms with E-state index in [2.05, 4.69) is 11.8 Å². The Morgan fingerprint density at radius 2 is 1.89 bits per heavy atom. The molecule has 1 N–H and O–H groups in total. The van der Waals surface area contributed by atoms with E-state index in [9.17, 15) is 4.79 Å². The van der Waals surface area contributed by atoms with Gasteiger partial charge in [0.25, 0.3) is 0 Å². The molecule has 19 heavy (non-hydrogen) atoms. The van der Waals surface area contributed by atoms with E-state index < -0.39 is 6.09 Å². The van der Waals surface area contributed by atoms with Gasteiger partial charge in [-0.05, 0) is 24.6 Å². The van der Waals surface area contributed by atoms with Crippen molar-refractivity contribution in [3.63, 3.8) is 0 Å². The highest BCUT2D eigenvalue weighted by atomic mass is 35.5. The van der Waals surface area contributed by atoms with Gasteiger partial charge in [-0.3, -0.25) is 0 Å². The average molecular weight is 281 g/mol. The topological polar surface area (TPSA) is 43.8 Å². The van der Waals surface area contributed by atoms with Crippen LogP contribution in [0.1, 0.15) is 5.56 Å². The second-order valence-electron chi connectivity index (χ2n) is 5.54. The zero-order chi connectivity index (χ0) is 13.6. The summed E-state index contributed by atoms with van der Waals surface area (Å²) in [4.78, 5) is 14.9. The Labute approximate surface area is 117 Å². The van der Waals surface area contributed by atoms with Crippen LogP contribution in [0.15, 0.2) is 18.2 Å². The lowest BCUT2D eigenvalue weighted by Gasteiger charge is -2.23. The fraction of sp³-hybridized carbons (Fsp3) is 0.500. The summed E-state index contributed by atoms with van der Waals surface area (Å²) in [6.45, 7) is 5.26. The molecule has 4 nitrogen and oxygen atoms in total. The first-order chi connectivity index (χ1) is 9.04. The van der Waals surface area contributed by atoms with Crippen molar-refractivity contribution >= 4 is 23.4 Å². The summed E-state index contributed by atoms with van der Waals surface area (Å²) in [6, 6.07) is 5.95. The molecule has 0 aliphatic carbocycles. The minimum atomic E-state index is -0.792. The Morgan fingerprint density at radius 1 is 1.26 bits per heavy atom. The number of halogens is 1. The molecule has 2 atom stereocenters. The molecule has 2 saturated heterocycles. The number of hydrogen-bond acceptors (Lipinski definition) is 2. The van der Waals surface area contributed by atoms with Crippen LogP contribution in [0.3, 0.4) is 0 Å². The first kappa shape index (κ1) is 12.6. The predicted octanol–water partition coefficient (Wildman–Crippen LogP) is 2.69. The van der Waals surface area contributed by atoms with Crippen LogP contribution >= 0.6 is 11.6 Å². The quantitative estimate of drug-likeness (QED) is 0.860. The third-order valence-electron chi connectivity index (χ3n) is 4.27. The number of carbonyl (C=O) groups is 1. The fourth-order valence-corrected chi connectivity index (χ4v) is 3.44. The van der Waals surface area contributed by atoms with Crippen LogP contribution in [0, 0.1) is 18.8 Å². The van der Waals surface area contributed by atoms with Crippen LogP contribution in [-0.2, 0) is 0 Å². The van der Waals surface area contributed by atoms with Gasteiger partial charge in [-0.2, -0.15) is 0 Å². The Morgan fingerprint density at radius 3 is 2.47 bits per heavy atom. The third kappa shape index (κ3) is 2.25. The van der Waals surface area contributed by atoms with Gasteiger partial charge in [-0.15, -0.1) is 0 Å². The van der Waals surface area contributed by atoms with Gasteiger partial charge in [0.05, 0.1) is 0 Å². The summed E-state index contributed by atoms with van der Waals surface area (Å²) in [6.07, 6.45) is -0.792. The molecule has 1 aromatic carbocycles. The normalized spacial score (nSPS) is 25.8. The molecule has 2 heterocycles. The second kappa shape index (κ2) is 4.60. The summed E-state index contributed by atoms with van der Waals surface area (Å²) in [5, 5.41) is 9.78. The molecular formula is C14H17ClN2O2. The van der Waals surface area contributed by atoms with Gasteiger partial charge in [-0.1, -0.05) is 17.7 Å². The van der Waals surface area contributed by atoms with Crippen molar-refractivity contribution in [3.8, 4) is 0 Å². The number of rotatable bonds is 1. The van der Waals surface area contributed by atoms with Gasteiger partial charge in [0, 0.05) is 48.7 Å². The molecule has 102 valence electrons. The zero-order valence-electron chi connectivity index (χ0n) is 10.8. The van der Waals surface area contributed by atoms with Crippen LogP contribution < -0.4 is 4.90 Å². The molecule has 0 saturated carbocycles. The van der Waals surface area contributed by atoms with E-state index in [4.69, 9.17) is 16.7 Å². The van der Waals surface area contributed by atoms with Crippen molar-refractivity contribution in [2.75, 3.05) is 31.1 Å². The molecule has 2 aliphatic rings. The fourth-order valence-electron chi connectivity index (χ4n) is 3.27. The van der Waals surface area contributed by atoms with Crippen LogP contribution in [0.4, 0.5) is 10.5 Å². The van der Waals surface area contributed by atoms with E-state index in [-0.39, 0.29) is 0 Å². The van der Waals surface area contributed by atoms with Crippen LogP contribution in [-0.4, -0.2) is 42.3 Å². The van der Waals surface area contributed by atoms with E-state index in [1.807, 2.05) is 18.2 Å². The second-order valence-corrected chi connectivity index (χ2v) is 5.98. The lowest BCUT2D eigenvalue weighted by atomic mass is 10.0. The zero-order valence-corrected chi connectivity index (χ0v) is 11.6. The third-order valence-corrected chi connectivity index (χ3v) is 4.50. The highest BCUT2D eigenvalue weighted by molar-refractivity contribution is 6.30. The van der Waals surface area contributed by atoms with Gasteiger partial charge in [-0.25, -0.2) is 4.79 Å². The lowest BCUT2D eigenvalue weighted by Crippen LogP contribution is -2.32. The average Bonchev–Trinajstić information content (AvgIpc) is 2.89. The van der Waals surface area contributed by atoms with E-state index in [1.54, 1.807) is 0 Å². The Kier molecular flexibility index (Phi) is 3.05. The molecule has 1 amide bonds. The predicted molar refractivity (Wildman–Crippen MR) is 75.0 cm³/mol. The molecule has 0 aromatic heterocycles. The summed E-state index contributed by atoms with van der Waals surface area (Å²) in [5.41, 5.74) is 2.41. The number of fused-ring (bicyclic) bond motifs is 1. The molecule has 2 unspecified atom stereocenters. The van der Waals surface area contributed by atoms with E-state index in [0.717, 1.165) is 18.1 Å². The number of carboxylic acid groups (broad SMARTS) is 1. The molecule has 2 aliphatic heterocycles. The number of amides is 1. The molecule has 0 spiro atoms. The number of likely N-dealkylation sites (tertiary alicyclic amines) is 1. The molecular weight excluding hydrogens is 264 g/mol. The highest BCUT2D eigenvalue weighted by Gasteiger charge is 2.41. The standard InChI is InChI=1S/C14H17ClN2O2/c1-9-2-3-12(15)4-13(9)16-5-10-7-17(14(18)19)8-11(10)6-16/h2-4,10-11H,5-8H2,1H3,(H,18,19). The monoisotopic (exact) mass is 280 g/mol. The van der Waals surface area contributed by atoms with Gasteiger partial charge in [0.1, 0.15) is 0 Å². The van der Waals surface area contributed by atoms with Crippen molar-refractivity contribution in [3.05, 3.63) is 28.8 Å². The van der Waals surface area contributed by atoms with Gasteiger partial charge >= 0.3 is 6.09 Å². The van der Waals surface area contributed by atoms with Crippen molar-refractivity contribution in [1.29, 1.82) is 0 Å². The molecule has 3 rings (SSSR count). The van der Waals surface area contributed by atoms with Crippen LogP contribution in [0.5, 0.6) is 0 Å². The number of aryl methyl sites for hydroxylation is 1. The number of anilines is 1. The maximum absolute atomic E-state index is 11.0. The number of hydrogen-bond donors (Lipinski definition) is 1. The Balaban J connectivity index is 1.75. The van der Waals surface area contributed by atoms with Crippen LogP contribution in [0.2, 0.25) is 5.02 Å². The maximum atomic E-state index is 11.0. The van der Waals surface area contributed by atoms with E-state index in [0.29, 0.717) is 24.9 Å². The van der Waals surface area contributed by atoms with Gasteiger partial charge in [0.2, 0.25) is 0 Å². The summed E-state index contributed by atoms with van der Waals surface area (Å²) >= 11 is 6.07. The molecule has 0 radical (unpaired) electrons. The minimum Gasteiger partial charge on any atom is -0.465 e. The Hall–Kier alpha value is -1.42. The summed E-state index contributed by atoms with van der Waals surface area (Å²) < 4.78 is 0. The minimum absolute atomic E-state index is 0.453. The largest absolute Gasteiger partial charge is 0.465 e. The Bertz CT molecular complexity index is 506. The first-order valence-electron chi connectivity index (χ1n) is 6.53. The van der Waals surface area contributed by atoms with E-state index in [1.165, 1.54) is 16.2 Å². The maximum Gasteiger partial charge on any atom is 0.407 e.